The van der Waals surface area contributed by atoms with Crippen LogP contribution in [0, 0.1) is 0 Å². The molecule has 2 unspecified atom stereocenters. The zero-order valence-corrected chi connectivity index (χ0v) is 30.7. The summed E-state index contributed by atoms with van der Waals surface area (Å²) in [6.07, 6.45) is 29.7. The van der Waals surface area contributed by atoms with E-state index in [4.69, 9.17) is 18.5 Å². The summed E-state index contributed by atoms with van der Waals surface area (Å²) in [5, 5.41) is 2.81. The Morgan fingerprint density at radius 3 is 1.67 bits per heavy atom. The van der Waals surface area contributed by atoms with E-state index in [2.05, 4.69) is 31.3 Å². The number of nitrogens with one attached hydrogen (secondary N) is 1. The van der Waals surface area contributed by atoms with Crippen molar-refractivity contribution in [2.75, 3.05) is 33.4 Å². The summed E-state index contributed by atoms with van der Waals surface area (Å²) >= 11 is 0. The highest BCUT2D eigenvalue weighted by Crippen LogP contribution is 2.43. The molecule has 0 bridgehead atoms. The molecule has 0 saturated heterocycles. The second-order valence-corrected chi connectivity index (χ2v) is 13.9. The predicted octanol–water partition coefficient (Wildman–Crippen LogP) is 9.75. The standard InChI is InChI=1S/C36H70NO8P/c1-4-6-8-10-12-14-16-17-19-20-22-24-26-28-35(38)42-32-34(33-44-46(40,41)43-31-30-37-3)45-36(39)29-27-25-23-21-18-15-13-11-9-7-5-2/h11,13,34,37H,4-10,12,14-33H2,1-3H3,(H,40,41)/b13-11-. The van der Waals surface area contributed by atoms with Crippen molar-refractivity contribution in [3.8, 4) is 0 Å². The molecule has 0 saturated carbocycles. The van der Waals surface area contributed by atoms with Crippen LogP contribution in [0.5, 0.6) is 0 Å². The van der Waals surface area contributed by atoms with Crippen LogP contribution in [0.25, 0.3) is 0 Å². The van der Waals surface area contributed by atoms with Gasteiger partial charge in [0.1, 0.15) is 6.61 Å². The van der Waals surface area contributed by atoms with Crippen molar-refractivity contribution in [3.63, 3.8) is 0 Å². The monoisotopic (exact) mass is 675 g/mol. The van der Waals surface area contributed by atoms with Gasteiger partial charge in [0.25, 0.3) is 0 Å². The molecule has 0 heterocycles. The Morgan fingerprint density at radius 1 is 0.652 bits per heavy atom. The fourth-order valence-corrected chi connectivity index (χ4v) is 5.75. The van der Waals surface area contributed by atoms with E-state index in [0.717, 1.165) is 57.8 Å². The third kappa shape index (κ3) is 32.7. The van der Waals surface area contributed by atoms with Crippen LogP contribution in [0.4, 0.5) is 0 Å². The van der Waals surface area contributed by atoms with Crippen molar-refractivity contribution in [2.24, 2.45) is 0 Å². The number of hydrogen-bond acceptors (Lipinski definition) is 8. The summed E-state index contributed by atoms with van der Waals surface area (Å²) in [6.45, 7) is 4.17. The van der Waals surface area contributed by atoms with Crippen LogP contribution in [0.1, 0.15) is 168 Å². The highest BCUT2D eigenvalue weighted by Gasteiger charge is 2.26. The highest BCUT2D eigenvalue weighted by atomic mass is 31.2. The number of allylic oxidation sites excluding steroid dienone is 2. The van der Waals surface area contributed by atoms with E-state index in [1.165, 1.54) is 77.0 Å². The van der Waals surface area contributed by atoms with E-state index in [9.17, 15) is 19.0 Å². The Hall–Kier alpha value is -1.25. The van der Waals surface area contributed by atoms with Gasteiger partial charge in [0.15, 0.2) is 6.10 Å². The molecule has 0 spiro atoms. The number of hydrogen-bond donors (Lipinski definition) is 2. The van der Waals surface area contributed by atoms with Crippen LogP contribution in [0.15, 0.2) is 12.2 Å². The Morgan fingerprint density at radius 2 is 1.13 bits per heavy atom. The molecule has 0 rings (SSSR count). The van der Waals surface area contributed by atoms with Crippen LogP contribution in [0.2, 0.25) is 0 Å². The Labute approximate surface area is 281 Å². The van der Waals surface area contributed by atoms with Crippen LogP contribution in [0.3, 0.4) is 0 Å². The molecule has 10 heteroatoms. The summed E-state index contributed by atoms with van der Waals surface area (Å²) in [4.78, 5) is 34.8. The lowest BCUT2D eigenvalue weighted by Gasteiger charge is -2.20. The number of unbranched alkanes of at least 4 members (excludes halogenated alkanes) is 19. The molecule has 0 radical (unpaired) electrons. The Balaban J connectivity index is 4.29. The first kappa shape index (κ1) is 44.8. The van der Waals surface area contributed by atoms with Gasteiger partial charge in [-0.15, -0.1) is 0 Å². The molecule has 2 N–H and O–H groups in total. The minimum atomic E-state index is -4.34. The average molecular weight is 676 g/mol. The van der Waals surface area contributed by atoms with Gasteiger partial charge in [0, 0.05) is 19.4 Å². The zero-order chi connectivity index (χ0) is 34.0. The second kappa shape index (κ2) is 33.6. The van der Waals surface area contributed by atoms with Crippen molar-refractivity contribution >= 4 is 19.8 Å². The fraction of sp³-hybridized carbons (Fsp3) is 0.889. The normalized spacial score (nSPS) is 13.6. The van der Waals surface area contributed by atoms with Gasteiger partial charge in [0.2, 0.25) is 0 Å². The van der Waals surface area contributed by atoms with Gasteiger partial charge in [-0.1, -0.05) is 135 Å². The first-order chi connectivity index (χ1) is 22.3. The van der Waals surface area contributed by atoms with Gasteiger partial charge >= 0.3 is 19.8 Å². The van der Waals surface area contributed by atoms with Gasteiger partial charge in [-0.05, 0) is 39.2 Å². The van der Waals surface area contributed by atoms with Crippen molar-refractivity contribution in [2.45, 2.75) is 174 Å². The van der Waals surface area contributed by atoms with Crippen LogP contribution < -0.4 is 5.32 Å². The molecule has 9 nitrogen and oxygen atoms in total. The number of phosphoric ester groups is 1. The molecule has 0 fully saturated rings. The molecule has 0 aromatic rings. The van der Waals surface area contributed by atoms with Gasteiger partial charge in [0.05, 0.1) is 13.2 Å². The quantitative estimate of drug-likeness (QED) is 0.0293. The average Bonchev–Trinajstić information content (AvgIpc) is 3.03. The molecule has 46 heavy (non-hydrogen) atoms. The topological polar surface area (TPSA) is 120 Å². The van der Waals surface area contributed by atoms with E-state index >= 15 is 0 Å². The molecule has 0 aliphatic heterocycles. The lowest BCUT2D eigenvalue weighted by atomic mass is 10.0. The lowest BCUT2D eigenvalue weighted by Crippen LogP contribution is -2.29. The minimum absolute atomic E-state index is 0.0159. The number of likely N-dealkylation sites (N-methyl/N-ethyl adjacent to an activating group) is 1. The maximum Gasteiger partial charge on any atom is 0.472 e. The maximum atomic E-state index is 12.5. The van der Waals surface area contributed by atoms with Gasteiger partial charge in [-0.25, -0.2) is 4.57 Å². The SMILES string of the molecule is CCCC/C=C\CCCCCCCC(=O)OC(COC(=O)CCCCCCCCCCCCCCC)COP(=O)(O)OCCNC. The molecule has 0 aliphatic carbocycles. The second-order valence-electron chi connectivity index (χ2n) is 12.4. The van der Waals surface area contributed by atoms with E-state index in [1.807, 2.05) is 0 Å². The number of esters is 2. The van der Waals surface area contributed by atoms with E-state index in [1.54, 1.807) is 7.05 Å². The smallest absolute Gasteiger partial charge is 0.462 e. The summed E-state index contributed by atoms with van der Waals surface area (Å²) in [6, 6.07) is 0. The summed E-state index contributed by atoms with van der Waals surface area (Å²) in [5.41, 5.74) is 0. The molecule has 0 aliphatic rings. The Kier molecular flexibility index (Phi) is 32.7. The number of carbonyl (C=O) groups is 2. The van der Waals surface area contributed by atoms with Gasteiger partial charge in [-0.2, -0.15) is 0 Å². The molecular formula is C36H70NO8P. The number of phosphoric acid groups is 1. The summed E-state index contributed by atoms with van der Waals surface area (Å²) < 4.78 is 33.0. The summed E-state index contributed by atoms with van der Waals surface area (Å²) in [7, 11) is -2.64. The lowest BCUT2D eigenvalue weighted by molar-refractivity contribution is -0.161. The van der Waals surface area contributed by atoms with Crippen LogP contribution in [-0.2, 0) is 32.7 Å². The number of ether oxygens (including phenoxy) is 2. The molecule has 0 amide bonds. The van der Waals surface area contributed by atoms with E-state index in [0.29, 0.717) is 19.4 Å². The maximum absolute atomic E-state index is 12.5. The molecular weight excluding hydrogens is 605 g/mol. The third-order valence-corrected chi connectivity index (χ3v) is 8.87. The first-order valence-corrected chi connectivity index (χ1v) is 20.1. The Bertz CT molecular complexity index is 779. The predicted molar refractivity (Wildman–Crippen MR) is 188 cm³/mol. The molecule has 0 aromatic carbocycles. The van der Waals surface area contributed by atoms with E-state index < -0.39 is 26.5 Å². The van der Waals surface area contributed by atoms with Crippen molar-refractivity contribution in [1.82, 2.24) is 5.32 Å². The number of rotatable bonds is 35. The van der Waals surface area contributed by atoms with E-state index in [-0.39, 0.29) is 25.6 Å². The van der Waals surface area contributed by atoms with Crippen molar-refractivity contribution in [3.05, 3.63) is 12.2 Å². The fourth-order valence-electron chi connectivity index (χ4n) is 5.00. The zero-order valence-electron chi connectivity index (χ0n) is 29.8. The minimum Gasteiger partial charge on any atom is -0.462 e. The van der Waals surface area contributed by atoms with Gasteiger partial charge in [-0.3, -0.25) is 18.6 Å². The van der Waals surface area contributed by atoms with Gasteiger partial charge < -0.3 is 19.7 Å². The molecule has 2 atom stereocenters. The first-order valence-electron chi connectivity index (χ1n) is 18.6. The number of carbonyl (C=O) groups excluding carboxylic acids is 2. The van der Waals surface area contributed by atoms with Crippen LogP contribution in [-0.4, -0.2) is 56.3 Å². The highest BCUT2D eigenvalue weighted by molar-refractivity contribution is 7.47. The third-order valence-electron chi connectivity index (χ3n) is 7.89. The molecule has 272 valence electrons. The van der Waals surface area contributed by atoms with Crippen molar-refractivity contribution in [1.29, 1.82) is 0 Å². The largest absolute Gasteiger partial charge is 0.472 e. The molecule has 0 aromatic heterocycles. The van der Waals surface area contributed by atoms with Crippen molar-refractivity contribution < 1.29 is 37.6 Å². The summed E-state index contributed by atoms with van der Waals surface area (Å²) in [5.74, 6) is -0.814. The van der Waals surface area contributed by atoms with Crippen LogP contribution >= 0.6 is 7.82 Å².